The van der Waals surface area contributed by atoms with Gasteiger partial charge >= 0.3 is 0 Å². The molecule has 0 radical (unpaired) electrons. The van der Waals surface area contributed by atoms with Crippen LogP contribution in [0, 0.1) is 0 Å². The molecule has 7 rings (SSSR count). The van der Waals surface area contributed by atoms with Crippen LogP contribution in [0.3, 0.4) is 0 Å². The molecule has 0 spiro atoms. The molecule has 37 heavy (non-hydrogen) atoms. The Bertz CT molecular complexity index is 1790. The zero-order valence-corrected chi connectivity index (χ0v) is 21.8. The highest BCUT2D eigenvalue weighted by molar-refractivity contribution is 6.09. The van der Waals surface area contributed by atoms with Crippen molar-refractivity contribution in [2.75, 3.05) is 0 Å². The first kappa shape index (κ1) is 22.1. The molecule has 1 aliphatic heterocycles. The van der Waals surface area contributed by atoms with Crippen molar-refractivity contribution in [3.8, 4) is 28.2 Å². The maximum Gasteiger partial charge on any atom is 0.294 e. The molecule has 3 heteroatoms. The zero-order chi connectivity index (χ0) is 25.3. The largest absolute Gasteiger partial charge is 0.455 e. The molecule has 2 aromatic heterocycles. The molecule has 4 aromatic carbocycles. The summed E-state index contributed by atoms with van der Waals surface area (Å²) < 4.78 is 11.2. The highest BCUT2D eigenvalue weighted by atomic mass is 16.3. The Morgan fingerprint density at radius 2 is 1.43 bits per heavy atom. The summed E-state index contributed by atoms with van der Waals surface area (Å²) in [7, 11) is 0. The SMILES string of the molecule is CC(C)c1cc(-c2cccc3c2oc2ccccc23)cc(C(C)C)c1-n1cc[n+]2c1-c1ccccc1C2. The van der Waals surface area contributed by atoms with Crippen LogP contribution in [0.2, 0.25) is 0 Å². The molecular weight excluding hydrogens is 452 g/mol. The molecule has 0 bridgehead atoms. The van der Waals surface area contributed by atoms with E-state index in [0.717, 1.165) is 23.3 Å². The van der Waals surface area contributed by atoms with Crippen molar-refractivity contribution in [3.63, 3.8) is 0 Å². The van der Waals surface area contributed by atoms with Gasteiger partial charge in [0.15, 0.2) is 0 Å². The summed E-state index contributed by atoms with van der Waals surface area (Å²) in [5.41, 5.74) is 11.0. The van der Waals surface area contributed by atoms with Gasteiger partial charge in [0.2, 0.25) is 0 Å². The summed E-state index contributed by atoms with van der Waals surface area (Å²) in [5.74, 6) is 2.00. The predicted octanol–water partition coefficient (Wildman–Crippen LogP) is 8.61. The van der Waals surface area contributed by atoms with Gasteiger partial charge in [-0.1, -0.05) is 82.3 Å². The molecule has 0 saturated carbocycles. The second kappa shape index (κ2) is 8.21. The first-order chi connectivity index (χ1) is 18.0. The second-order valence-electron chi connectivity index (χ2n) is 10.9. The molecule has 0 saturated heterocycles. The van der Waals surface area contributed by atoms with Gasteiger partial charge in [-0.2, -0.15) is 4.57 Å². The fraction of sp³-hybridized carbons (Fsp3) is 0.206. The van der Waals surface area contributed by atoms with Crippen molar-refractivity contribution in [3.05, 3.63) is 108 Å². The van der Waals surface area contributed by atoms with Crippen LogP contribution in [0.1, 0.15) is 56.2 Å². The highest BCUT2D eigenvalue weighted by Gasteiger charge is 2.33. The maximum atomic E-state index is 6.43. The first-order valence-electron chi connectivity index (χ1n) is 13.3. The monoisotopic (exact) mass is 483 g/mol. The predicted molar refractivity (Wildman–Crippen MR) is 151 cm³/mol. The summed E-state index contributed by atoms with van der Waals surface area (Å²) in [6.45, 7) is 10.1. The molecule has 0 N–H and O–H groups in total. The van der Waals surface area contributed by atoms with Gasteiger partial charge < -0.3 is 4.42 Å². The van der Waals surface area contributed by atoms with Crippen molar-refractivity contribution < 1.29 is 8.98 Å². The van der Waals surface area contributed by atoms with E-state index in [1.807, 2.05) is 6.07 Å². The molecule has 182 valence electrons. The fourth-order valence-corrected chi connectivity index (χ4v) is 6.05. The topological polar surface area (TPSA) is 21.9 Å². The van der Waals surface area contributed by atoms with Crippen molar-refractivity contribution in [1.82, 2.24) is 4.57 Å². The molecule has 0 atom stereocenters. The number of hydrogen-bond acceptors (Lipinski definition) is 1. The van der Waals surface area contributed by atoms with Crippen LogP contribution in [0.5, 0.6) is 0 Å². The van der Waals surface area contributed by atoms with E-state index in [2.05, 4.69) is 122 Å². The van der Waals surface area contributed by atoms with Crippen molar-refractivity contribution in [2.24, 2.45) is 0 Å². The number of rotatable bonds is 4. The third-order valence-corrected chi connectivity index (χ3v) is 7.86. The standard InChI is InChI=1S/C34H31N2O/c1-21(2)29-18-24(25-13-9-14-28-27-12-7-8-15-31(27)37-33(25)28)19-30(22(3)4)32(29)36-17-16-35-20-23-10-5-6-11-26(23)34(35)36/h5-19,21-22H,20H2,1-4H3/q+1. The number of furan rings is 1. The van der Waals surface area contributed by atoms with Crippen molar-refractivity contribution >= 4 is 21.9 Å². The lowest BCUT2D eigenvalue weighted by atomic mass is 9.87. The van der Waals surface area contributed by atoms with E-state index in [1.54, 1.807) is 0 Å². The van der Waals surface area contributed by atoms with Crippen LogP contribution in [-0.4, -0.2) is 4.57 Å². The molecule has 0 amide bonds. The summed E-state index contributed by atoms with van der Waals surface area (Å²) in [6, 6.07) is 28.4. The fourth-order valence-electron chi connectivity index (χ4n) is 6.05. The van der Waals surface area contributed by atoms with Crippen LogP contribution in [0.15, 0.2) is 95.7 Å². The molecule has 6 aromatic rings. The highest BCUT2D eigenvalue weighted by Crippen LogP contribution is 2.41. The molecule has 0 fully saturated rings. The molecule has 3 nitrogen and oxygen atoms in total. The maximum absolute atomic E-state index is 6.43. The molecular formula is C34H31N2O+. The Morgan fingerprint density at radius 1 is 0.757 bits per heavy atom. The number of aromatic nitrogens is 2. The van der Waals surface area contributed by atoms with E-state index >= 15 is 0 Å². The van der Waals surface area contributed by atoms with Gasteiger partial charge in [0.1, 0.15) is 35.8 Å². The van der Waals surface area contributed by atoms with Crippen LogP contribution >= 0.6 is 0 Å². The van der Waals surface area contributed by atoms with Gasteiger partial charge in [-0.3, -0.25) is 0 Å². The lowest BCUT2D eigenvalue weighted by Gasteiger charge is -2.20. The van der Waals surface area contributed by atoms with Gasteiger partial charge in [0.05, 0.1) is 5.56 Å². The average molecular weight is 484 g/mol. The Morgan fingerprint density at radius 3 is 2.22 bits per heavy atom. The van der Waals surface area contributed by atoms with Crippen LogP contribution in [0.4, 0.5) is 0 Å². The van der Waals surface area contributed by atoms with Crippen LogP contribution in [0.25, 0.3) is 50.1 Å². The minimum Gasteiger partial charge on any atom is -0.455 e. The van der Waals surface area contributed by atoms with E-state index in [-0.39, 0.29) is 0 Å². The van der Waals surface area contributed by atoms with Gasteiger partial charge in [-0.15, -0.1) is 0 Å². The summed E-state index contributed by atoms with van der Waals surface area (Å²) >= 11 is 0. The number of hydrogen-bond donors (Lipinski definition) is 0. The van der Waals surface area contributed by atoms with E-state index in [1.165, 1.54) is 50.1 Å². The normalized spacial score (nSPS) is 12.7. The van der Waals surface area contributed by atoms with Gasteiger partial charge in [-0.25, -0.2) is 4.57 Å². The number of fused-ring (bicyclic) bond motifs is 6. The third kappa shape index (κ3) is 3.30. The Kier molecular flexibility index (Phi) is 4.91. The average Bonchev–Trinajstić information content (AvgIpc) is 3.59. The lowest BCUT2D eigenvalue weighted by molar-refractivity contribution is -0.671. The number of imidazole rings is 1. The van der Waals surface area contributed by atoms with Gasteiger partial charge in [-0.05, 0) is 41.7 Å². The van der Waals surface area contributed by atoms with Crippen LogP contribution < -0.4 is 4.57 Å². The minimum absolute atomic E-state index is 0.363. The van der Waals surface area contributed by atoms with E-state index in [4.69, 9.17) is 4.42 Å². The smallest absolute Gasteiger partial charge is 0.294 e. The molecule has 0 unspecified atom stereocenters. The molecule has 0 aliphatic carbocycles. The Balaban J connectivity index is 1.50. The number of nitrogens with zero attached hydrogens (tertiary/aromatic N) is 2. The Hall–Kier alpha value is -4.11. The van der Waals surface area contributed by atoms with E-state index in [0.29, 0.717) is 11.8 Å². The minimum atomic E-state index is 0.363. The summed E-state index contributed by atoms with van der Waals surface area (Å²) in [5, 5.41) is 2.34. The van der Waals surface area contributed by atoms with E-state index < -0.39 is 0 Å². The number of benzene rings is 4. The van der Waals surface area contributed by atoms with E-state index in [9.17, 15) is 0 Å². The zero-order valence-electron chi connectivity index (χ0n) is 21.8. The van der Waals surface area contributed by atoms with Gasteiger partial charge in [0.25, 0.3) is 5.82 Å². The Labute approximate surface area is 217 Å². The van der Waals surface area contributed by atoms with Gasteiger partial charge in [0, 0.05) is 33.0 Å². The molecule has 1 aliphatic rings. The second-order valence-corrected chi connectivity index (χ2v) is 10.9. The third-order valence-electron chi connectivity index (χ3n) is 7.86. The number of para-hydroxylation sites is 2. The van der Waals surface area contributed by atoms with Crippen LogP contribution in [-0.2, 0) is 6.54 Å². The van der Waals surface area contributed by atoms with Crippen molar-refractivity contribution in [2.45, 2.75) is 46.1 Å². The summed E-state index contributed by atoms with van der Waals surface area (Å²) in [4.78, 5) is 0. The quantitative estimate of drug-likeness (QED) is 0.230. The first-order valence-corrected chi connectivity index (χ1v) is 13.3. The molecule has 3 heterocycles. The van der Waals surface area contributed by atoms with Crippen molar-refractivity contribution in [1.29, 1.82) is 0 Å². The summed E-state index contributed by atoms with van der Waals surface area (Å²) in [6.07, 6.45) is 4.48. The lowest BCUT2D eigenvalue weighted by Crippen LogP contribution is -2.30.